The van der Waals surface area contributed by atoms with Gasteiger partial charge in [-0.25, -0.2) is 13.6 Å². The second-order valence-corrected chi connectivity index (χ2v) is 3.44. The number of carboxylic acid groups (broad SMARTS) is 1. The van der Waals surface area contributed by atoms with Crippen molar-refractivity contribution in [2.45, 2.75) is 19.3 Å². The molecule has 0 aromatic heterocycles. The topological polar surface area (TPSA) is 54.4 Å². The fourth-order valence-electron chi connectivity index (χ4n) is 1.38. The molecule has 3 nitrogen and oxygen atoms in total. The number of aromatic carboxylic acids is 1. The van der Waals surface area contributed by atoms with Crippen LogP contribution in [0.1, 0.15) is 35.2 Å². The van der Waals surface area contributed by atoms with Gasteiger partial charge in [-0.3, -0.25) is 0 Å². The zero-order chi connectivity index (χ0) is 12.3. The van der Waals surface area contributed by atoms with E-state index in [9.17, 15) is 18.4 Å². The lowest BCUT2D eigenvalue weighted by atomic mass is 9.96. The molecule has 0 spiro atoms. The molecule has 1 N–H and O–H groups in total. The van der Waals surface area contributed by atoms with Crippen molar-refractivity contribution in [1.29, 1.82) is 0 Å². The smallest absolute Gasteiger partial charge is 0.338 e. The van der Waals surface area contributed by atoms with Gasteiger partial charge in [0.1, 0.15) is 6.29 Å². The maximum Gasteiger partial charge on any atom is 0.338 e. The lowest BCUT2D eigenvalue weighted by molar-refractivity contribution is -0.108. The minimum atomic E-state index is -1.52. The van der Waals surface area contributed by atoms with Gasteiger partial charge in [-0.15, -0.1) is 0 Å². The number of carboxylic acids is 1. The van der Waals surface area contributed by atoms with Gasteiger partial charge >= 0.3 is 5.97 Å². The molecule has 5 heteroatoms. The van der Waals surface area contributed by atoms with E-state index in [2.05, 4.69) is 0 Å². The van der Waals surface area contributed by atoms with E-state index in [-0.39, 0.29) is 12.0 Å². The minimum Gasteiger partial charge on any atom is -0.478 e. The predicted octanol–water partition coefficient (Wildman–Crippen LogP) is 2.36. The van der Waals surface area contributed by atoms with Gasteiger partial charge < -0.3 is 9.90 Å². The van der Waals surface area contributed by atoms with Crippen molar-refractivity contribution in [2.24, 2.45) is 0 Å². The highest BCUT2D eigenvalue weighted by Crippen LogP contribution is 2.24. The standard InChI is InChI=1S/C11H10F2O3/c1-6(4-5-14)7-2-3-8(11(15)16)10(13)9(7)12/h2-3,5-6H,4H2,1H3,(H,15,16). The normalized spacial score (nSPS) is 12.2. The lowest BCUT2D eigenvalue weighted by Crippen LogP contribution is -2.07. The molecule has 1 atom stereocenters. The molecule has 0 aliphatic rings. The number of hydrogen-bond acceptors (Lipinski definition) is 2. The molecule has 0 saturated carbocycles. The fourth-order valence-corrected chi connectivity index (χ4v) is 1.38. The molecular weight excluding hydrogens is 218 g/mol. The van der Waals surface area contributed by atoms with Gasteiger partial charge in [0, 0.05) is 6.42 Å². The predicted molar refractivity (Wildman–Crippen MR) is 52.4 cm³/mol. The Kier molecular flexibility index (Phi) is 3.71. The second-order valence-electron chi connectivity index (χ2n) is 3.44. The molecule has 1 unspecified atom stereocenters. The summed E-state index contributed by atoms with van der Waals surface area (Å²) in [4.78, 5) is 20.8. The third-order valence-electron chi connectivity index (χ3n) is 2.32. The van der Waals surface area contributed by atoms with Crippen LogP contribution in [0.3, 0.4) is 0 Å². The van der Waals surface area contributed by atoms with Gasteiger partial charge in [0.2, 0.25) is 0 Å². The number of benzene rings is 1. The van der Waals surface area contributed by atoms with E-state index in [4.69, 9.17) is 5.11 Å². The van der Waals surface area contributed by atoms with E-state index < -0.39 is 29.1 Å². The third kappa shape index (κ3) is 2.24. The lowest BCUT2D eigenvalue weighted by Gasteiger charge is -2.10. The Labute approximate surface area is 90.7 Å². The van der Waals surface area contributed by atoms with Gasteiger partial charge in [0.15, 0.2) is 11.6 Å². The summed E-state index contributed by atoms with van der Waals surface area (Å²) in [6.07, 6.45) is 0.663. The summed E-state index contributed by atoms with van der Waals surface area (Å²) in [5.74, 6) is -4.59. The Bertz CT molecular complexity index is 429. The van der Waals surface area contributed by atoms with E-state index in [0.29, 0.717) is 6.29 Å². The highest BCUT2D eigenvalue weighted by molar-refractivity contribution is 5.88. The van der Waals surface area contributed by atoms with Crippen molar-refractivity contribution in [3.05, 3.63) is 34.9 Å². The van der Waals surface area contributed by atoms with Crippen LogP contribution in [0.25, 0.3) is 0 Å². The Hall–Kier alpha value is -1.78. The molecule has 0 saturated heterocycles. The van der Waals surface area contributed by atoms with Crippen molar-refractivity contribution >= 4 is 12.3 Å². The maximum atomic E-state index is 13.4. The molecule has 0 aliphatic heterocycles. The first kappa shape index (κ1) is 12.3. The van der Waals surface area contributed by atoms with Crippen LogP contribution in [-0.4, -0.2) is 17.4 Å². The molecule has 0 aliphatic carbocycles. The Morgan fingerprint density at radius 1 is 1.44 bits per heavy atom. The zero-order valence-electron chi connectivity index (χ0n) is 8.54. The highest BCUT2D eigenvalue weighted by Gasteiger charge is 2.20. The Balaban J connectivity index is 3.21. The maximum absolute atomic E-state index is 13.4. The summed E-state index contributed by atoms with van der Waals surface area (Å²) >= 11 is 0. The van der Waals surface area contributed by atoms with Crippen molar-refractivity contribution in [3.63, 3.8) is 0 Å². The van der Waals surface area contributed by atoms with Gasteiger partial charge in [-0.2, -0.15) is 0 Å². The zero-order valence-corrected chi connectivity index (χ0v) is 8.54. The van der Waals surface area contributed by atoms with Crippen LogP contribution >= 0.6 is 0 Å². The summed E-state index contributed by atoms with van der Waals surface area (Å²) in [5.41, 5.74) is -0.700. The largest absolute Gasteiger partial charge is 0.478 e. The average molecular weight is 228 g/mol. The fraction of sp³-hybridized carbons (Fsp3) is 0.273. The summed E-state index contributed by atoms with van der Waals surface area (Å²) in [6.45, 7) is 1.56. The molecule has 0 radical (unpaired) electrons. The first-order valence-corrected chi connectivity index (χ1v) is 4.63. The first-order chi connectivity index (χ1) is 7.49. The summed E-state index contributed by atoms with van der Waals surface area (Å²) in [6, 6.07) is 2.19. The van der Waals surface area contributed by atoms with Gasteiger partial charge in [-0.05, 0) is 17.5 Å². The van der Waals surface area contributed by atoms with Crippen LogP contribution in [0.4, 0.5) is 8.78 Å². The Morgan fingerprint density at radius 3 is 2.56 bits per heavy atom. The van der Waals surface area contributed by atoms with Gasteiger partial charge in [0.05, 0.1) is 5.56 Å². The van der Waals surface area contributed by atoms with Crippen LogP contribution in [0.5, 0.6) is 0 Å². The van der Waals surface area contributed by atoms with E-state index in [1.54, 1.807) is 6.92 Å². The van der Waals surface area contributed by atoms with Crippen LogP contribution in [-0.2, 0) is 4.79 Å². The van der Waals surface area contributed by atoms with Crippen LogP contribution in [0, 0.1) is 11.6 Å². The molecule has 1 aromatic rings. The molecular formula is C11H10F2O3. The second kappa shape index (κ2) is 4.83. The minimum absolute atomic E-state index is 0.00889. The monoisotopic (exact) mass is 228 g/mol. The van der Waals surface area contributed by atoms with E-state index >= 15 is 0 Å². The number of rotatable bonds is 4. The highest BCUT2D eigenvalue weighted by atomic mass is 19.2. The molecule has 1 rings (SSSR count). The SMILES string of the molecule is CC(CC=O)c1ccc(C(=O)O)c(F)c1F. The number of carbonyl (C=O) groups excluding carboxylic acids is 1. The summed E-state index contributed by atoms with van der Waals surface area (Å²) in [7, 11) is 0. The van der Waals surface area contributed by atoms with E-state index in [0.717, 1.165) is 6.07 Å². The van der Waals surface area contributed by atoms with Crippen molar-refractivity contribution < 1.29 is 23.5 Å². The summed E-state index contributed by atoms with van der Waals surface area (Å²) < 4.78 is 26.7. The number of carbonyl (C=O) groups is 2. The molecule has 86 valence electrons. The number of aldehydes is 1. The summed E-state index contributed by atoms with van der Waals surface area (Å²) in [5, 5.41) is 8.56. The molecule has 0 bridgehead atoms. The van der Waals surface area contributed by atoms with E-state index in [1.165, 1.54) is 6.07 Å². The number of hydrogen-bond donors (Lipinski definition) is 1. The third-order valence-corrected chi connectivity index (χ3v) is 2.32. The molecule has 16 heavy (non-hydrogen) atoms. The molecule has 0 heterocycles. The van der Waals surface area contributed by atoms with Gasteiger partial charge in [-0.1, -0.05) is 13.0 Å². The Morgan fingerprint density at radius 2 is 2.06 bits per heavy atom. The average Bonchev–Trinajstić information content (AvgIpc) is 2.21. The van der Waals surface area contributed by atoms with Crippen LogP contribution in [0.2, 0.25) is 0 Å². The van der Waals surface area contributed by atoms with Crippen LogP contribution in [0.15, 0.2) is 12.1 Å². The quantitative estimate of drug-likeness (QED) is 0.805. The van der Waals surface area contributed by atoms with Crippen molar-refractivity contribution in [3.8, 4) is 0 Å². The first-order valence-electron chi connectivity index (χ1n) is 4.63. The van der Waals surface area contributed by atoms with E-state index in [1.807, 2.05) is 0 Å². The number of halogens is 2. The van der Waals surface area contributed by atoms with Crippen LogP contribution < -0.4 is 0 Å². The molecule has 0 fully saturated rings. The molecule has 1 aromatic carbocycles. The molecule has 0 amide bonds. The van der Waals surface area contributed by atoms with Crippen molar-refractivity contribution in [2.75, 3.05) is 0 Å². The van der Waals surface area contributed by atoms with Crippen molar-refractivity contribution in [1.82, 2.24) is 0 Å². The van der Waals surface area contributed by atoms with Gasteiger partial charge in [0.25, 0.3) is 0 Å².